The molecule has 2 unspecified atom stereocenters. The average Bonchev–Trinajstić information content (AvgIpc) is 3.57. The van der Waals surface area contributed by atoms with Crippen molar-refractivity contribution in [3.05, 3.63) is 124 Å². The number of nitrogens with one attached hydrogen (secondary N) is 1. The fourth-order valence-corrected chi connectivity index (χ4v) is 7.15. The Morgan fingerprint density at radius 2 is 1.49 bits per heavy atom. The molecule has 6 nitrogen and oxygen atoms in total. The summed E-state index contributed by atoms with van der Waals surface area (Å²) in [6.45, 7) is 0. The van der Waals surface area contributed by atoms with Crippen molar-refractivity contribution in [2.45, 2.75) is 11.3 Å². The molecule has 0 spiro atoms. The summed E-state index contributed by atoms with van der Waals surface area (Å²) in [6, 6.07) is 28.6. The van der Waals surface area contributed by atoms with Crippen molar-refractivity contribution in [2.24, 2.45) is 16.9 Å². The lowest BCUT2D eigenvalue weighted by molar-refractivity contribution is -0.122. The van der Waals surface area contributed by atoms with Gasteiger partial charge in [-0.25, -0.2) is 10.3 Å². The van der Waals surface area contributed by atoms with Crippen molar-refractivity contribution < 1.29 is 14.4 Å². The number of amides is 3. The summed E-state index contributed by atoms with van der Waals surface area (Å²) in [4.78, 5) is 42.8. The van der Waals surface area contributed by atoms with Crippen molar-refractivity contribution in [3.63, 3.8) is 0 Å². The van der Waals surface area contributed by atoms with Crippen LogP contribution < -0.4 is 10.3 Å². The summed E-state index contributed by atoms with van der Waals surface area (Å²) < 4.78 is 0. The fraction of sp³-hybridized carbons (Fsp3) is 0.133. The van der Waals surface area contributed by atoms with Crippen LogP contribution in [0.4, 0.5) is 5.69 Å². The second-order valence-corrected chi connectivity index (χ2v) is 10.5. The van der Waals surface area contributed by atoms with Crippen molar-refractivity contribution in [2.75, 3.05) is 4.90 Å². The van der Waals surface area contributed by atoms with Crippen LogP contribution in [-0.2, 0) is 15.0 Å². The van der Waals surface area contributed by atoms with E-state index in [1.54, 1.807) is 24.4 Å². The standard InChI is InChI=1S/C30H21N3O3S/c34-27(23-15-8-16-37-23)32-31-17-30-21-13-6-4-11-19(21)24(20-12-5-7-14-22(20)30)25-26(30)29(36)33(28(25)35)18-9-2-1-3-10-18/h1-17,24-26H,(H,32,34)/b31-17+. The van der Waals surface area contributed by atoms with E-state index in [9.17, 15) is 14.4 Å². The molecular formula is C30H21N3O3S. The van der Waals surface area contributed by atoms with Crippen molar-refractivity contribution >= 4 is 41.0 Å². The molecule has 1 fully saturated rings. The highest BCUT2D eigenvalue weighted by Gasteiger charge is 2.68. The molecule has 2 atom stereocenters. The van der Waals surface area contributed by atoms with Gasteiger partial charge in [0, 0.05) is 12.1 Å². The number of carbonyl (C=O) groups is 3. The molecule has 7 heteroatoms. The van der Waals surface area contributed by atoms with Crippen LogP contribution >= 0.6 is 11.3 Å². The van der Waals surface area contributed by atoms with E-state index in [1.807, 2.05) is 78.2 Å². The Kier molecular flexibility index (Phi) is 4.78. The first-order valence-corrected chi connectivity index (χ1v) is 13.0. The number of imide groups is 1. The molecule has 1 saturated heterocycles. The molecule has 180 valence electrons. The Labute approximate surface area is 217 Å². The van der Waals surface area contributed by atoms with Gasteiger partial charge in [0.25, 0.3) is 5.91 Å². The van der Waals surface area contributed by atoms with Gasteiger partial charge in [-0.1, -0.05) is 72.8 Å². The minimum absolute atomic E-state index is 0.199. The number of benzene rings is 3. The molecule has 2 bridgehead atoms. The molecule has 8 rings (SSSR count). The molecule has 1 aromatic heterocycles. The number of rotatable bonds is 4. The highest BCUT2D eigenvalue weighted by atomic mass is 32.1. The molecule has 1 N–H and O–H groups in total. The first kappa shape index (κ1) is 21.9. The highest BCUT2D eigenvalue weighted by Crippen LogP contribution is 2.63. The second-order valence-electron chi connectivity index (χ2n) is 9.55. The minimum Gasteiger partial charge on any atom is -0.274 e. The van der Waals surface area contributed by atoms with E-state index in [0.29, 0.717) is 10.6 Å². The molecular weight excluding hydrogens is 482 g/mol. The Bertz CT molecular complexity index is 1550. The summed E-state index contributed by atoms with van der Waals surface area (Å²) in [5.41, 5.74) is 6.15. The van der Waals surface area contributed by atoms with Gasteiger partial charge < -0.3 is 0 Å². The van der Waals surface area contributed by atoms with E-state index in [4.69, 9.17) is 0 Å². The summed E-state index contributed by atoms with van der Waals surface area (Å²) in [5, 5.41) is 6.27. The monoisotopic (exact) mass is 503 g/mol. The van der Waals surface area contributed by atoms with Crippen molar-refractivity contribution in [3.8, 4) is 0 Å². The van der Waals surface area contributed by atoms with E-state index >= 15 is 0 Å². The average molecular weight is 504 g/mol. The maximum atomic E-state index is 14.2. The zero-order valence-corrected chi connectivity index (χ0v) is 20.4. The third-order valence-electron chi connectivity index (χ3n) is 7.88. The van der Waals surface area contributed by atoms with Crippen LogP contribution in [0.3, 0.4) is 0 Å². The lowest BCUT2D eigenvalue weighted by Gasteiger charge is -2.52. The highest BCUT2D eigenvalue weighted by molar-refractivity contribution is 7.12. The number of thiophene rings is 1. The number of hydrogen-bond donors (Lipinski definition) is 1. The maximum absolute atomic E-state index is 14.2. The normalized spacial score (nSPS) is 25.2. The summed E-state index contributed by atoms with van der Waals surface area (Å²) in [5.74, 6) is -2.25. The van der Waals surface area contributed by atoms with Crippen LogP contribution in [0, 0.1) is 11.8 Å². The van der Waals surface area contributed by atoms with Gasteiger partial charge in [0.15, 0.2) is 0 Å². The van der Waals surface area contributed by atoms with Gasteiger partial charge in [-0.15, -0.1) is 11.3 Å². The van der Waals surface area contributed by atoms with E-state index in [0.717, 1.165) is 22.3 Å². The number of hydrogen-bond acceptors (Lipinski definition) is 5. The number of carbonyl (C=O) groups excluding carboxylic acids is 3. The van der Waals surface area contributed by atoms with Crippen LogP contribution in [0.15, 0.2) is 101 Å². The van der Waals surface area contributed by atoms with Gasteiger partial charge in [0.05, 0.1) is 27.8 Å². The summed E-state index contributed by atoms with van der Waals surface area (Å²) in [6.07, 6.45) is 1.68. The number of anilines is 1. The molecule has 4 aromatic rings. The predicted octanol–water partition coefficient (Wildman–Crippen LogP) is 4.71. The first-order chi connectivity index (χ1) is 18.1. The Morgan fingerprint density at radius 3 is 2.14 bits per heavy atom. The van der Waals surface area contributed by atoms with Gasteiger partial charge in [-0.05, 0) is 45.8 Å². The first-order valence-electron chi connectivity index (χ1n) is 12.1. The van der Waals surface area contributed by atoms with E-state index in [-0.39, 0.29) is 23.6 Å². The van der Waals surface area contributed by atoms with Crippen molar-refractivity contribution in [1.82, 2.24) is 5.43 Å². The zero-order valence-electron chi connectivity index (χ0n) is 19.6. The van der Waals surface area contributed by atoms with E-state index in [2.05, 4.69) is 10.5 Å². The van der Waals surface area contributed by atoms with Gasteiger partial charge in [-0.2, -0.15) is 5.10 Å². The molecule has 37 heavy (non-hydrogen) atoms. The minimum atomic E-state index is -1.01. The molecule has 4 aliphatic rings. The molecule has 0 radical (unpaired) electrons. The Balaban J connectivity index is 1.44. The lowest BCUT2D eigenvalue weighted by atomic mass is 9.47. The summed E-state index contributed by atoms with van der Waals surface area (Å²) in [7, 11) is 0. The predicted molar refractivity (Wildman–Crippen MR) is 142 cm³/mol. The van der Waals surface area contributed by atoms with Crippen molar-refractivity contribution in [1.29, 1.82) is 0 Å². The lowest BCUT2D eigenvalue weighted by Crippen LogP contribution is -2.54. The molecule has 3 aromatic carbocycles. The van der Waals surface area contributed by atoms with Crippen LogP contribution in [0.5, 0.6) is 0 Å². The number of nitrogens with zero attached hydrogens (tertiary/aromatic N) is 2. The van der Waals surface area contributed by atoms with E-state index < -0.39 is 17.3 Å². The molecule has 2 heterocycles. The van der Waals surface area contributed by atoms with Crippen LogP contribution in [0.1, 0.15) is 37.8 Å². The molecule has 1 aliphatic heterocycles. The second kappa shape index (κ2) is 8.08. The Hall–Kier alpha value is -4.36. The van der Waals surface area contributed by atoms with Crippen LogP contribution in [-0.4, -0.2) is 23.9 Å². The SMILES string of the molecule is O=C(N/N=C/C12c3ccccc3C(c3ccccc31)C1C(=O)N(c3ccccc3)C(=O)C12)c1cccs1. The molecule has 3 amide bonds. The third kappa shape index (κ3) is 2.92. The Morgan fingerprint density at radius 1 is 0.838 bits per heavy atom. The topological polar surface area (TPSA) is 78.8 Å². The van der Waals surface area contributed by atoms with Crippen LogP contribution in [0.2, 0.25) is 0 Å². The van der Waals surface area contributed by atoms with Gasteiger partial charge in [0.1, 0.15) is 0 Å². The van der Waals surface area contributed by atoms with E-state index in [1.165, 1.54) is 16.2 Å². The number of hydrazone groups is 1. The van der Waals surface area contributed by atoms with Crippen LogP contribution in [0.25, 0.3) is 0 Å². The van der Waals surface area contributed by atoms with Gasteiger partial charge >= 0.3 is 0 Å². The quantitative estimate of drug-likeness (QED) is 0.249. The van der Waals surface area contributed by atoms with Gasteiger partial charge in [0.2, 0.25) is 11.8 Å². The third-order valence-corrected chi connectivity index (χ3v) is 8.75. The zero-order chi connectivity index (χ0) is 25.1. The summed E-state index contributed by atoms with van der Waals surface area (Å²) >= 11 is 1.33. The largest absolute Gasteiger partial charge is 0.281 e. The molecule has 0 saturated carbocycles. The smallest absolute Gasteiger partial charge is 0.274 e. The maximum Gasteiger partial charge on any atom is 0.281 e. The molecule has 3 aliphatic carbocycles. The fourth-order valence-electron chi connectivity index (χ4n) is 6.54. The van der Waals surface area contributed by atoms with Gasteiger partial charge in [-0.3, -0.25) is 14.4 Å². The number of para-hydroxylation sites is 1.